The number of halogens is 1. The molecule has 0 aliphatic rings. The highest BCUT2D eigenvalue weighted by Crippen LogP contribution is 2.37. The molecule has 0 fully saturated rings. The van der Waals surface area contributed by atoms with Crippen LogP contribution in [0.3, 0.4) is 0 Å². The lowest BCUT2D eigenvalue weighted by atomic mass is 10.1. The first kappa shape index (κ1) is 13.4. The number of Topliss-reactive ketones (excluding diaryl/α,β-unsaturated/α-hetero) is 1. The van der Waals surface area contributed by atoms with Gasteiger partial charge in [-0.3, -0.25) is 14.9 Å². The van der Waals surface area contributed by atoms with Crippen LogP contribution in [0.2, 0.25) is 0 Å². The standard InChI is InChI=1S/C10H10BrNO5/c1-16-7-3-4-8(17-2)10(12(14)15)9(7)6(13)5-11/h3-4H,5H2,1-2H3. The SMILES string of the molecule is COc1ccc(OC)c([N+](=O)[O-])c1C(=O)CBr. The molecule has 6 nitrogen and oxygen atoms in total. The molecule has 0 saturated heterocycles. The lowest BCUT2D eigenvalue weighted by Gasteiger charge is -2.09. The van der Waals surface area contributed by atoms with Crippen molar-refractivity contribution in [3.8, 4) is 11.5 Å². The molecular weight excluding hydrogens is 294 g/mol. The second-order valence-electron chi connectivity index (χ2n) is 3.01. The fourth-order valence-electron chi connectivity index (χ4n) is 1.41. The van der Waals surface area contributed by atoms with Gasteiger partial charge in [0.2, 0.25) is 0 Å². The molecule has 0 saturated carbocycles. The number of nitro benzene ring substituents is 1. The van der Waals surface area contributed by atoms with Crippen molar-refractivity contribution in [1.29, 1.82) is 0 Å². The summed E-state index contributed by atoms with van der Waals surface area (Å²) in [5, 5.41) is 11.0. The van der Waals surface area contributed by atoms with Crippen molar-refractivity contribution in [3.63, 3.8) is 0 Å². The van der Waals surface area contributed by atoms with E-state index in [4.69, 9.17) is 9.47 Å². The molecule has 0 heterocycles. The minimum atomic E-state index is -0.656. The zero-order chi connectivity index (χ0) is 13.0. The zero-order valence-electron chi connectivity index (χ0n) is 9.23. The van der Waals surface area contributed by atoms with E-state index in [0.717, 1.165) is 0 Å². The van der Waals surface area contributed by atoms with Crippen molar-refractivity contribution in [2.24, 2.45) is 0 Å². The fraction of sp³-hybridized carbons (Fsp3) is 0.300. The molecular formula is C10H10BrNO5. The number of nitro groups is 1. The van der Waals surface area contributed by atoms with Gasteiger partial charge in [-0.05, 0) is 12.1 Å². The maximum Gasteiger partial charge on any atom is 0.325 e. The molecule has 7 heteroatoms. The van der Waals surface area contributed by atoms with E-state index < -0.39 is 10.7 Å². The molecule has 0 unspecified atom stereocenters. The lowest BCUT2D eigenvalue weighted by molar-refractivity contribution is -0.386. The van der Waals surface area contributed by atoms with Gasteiger partial charge in [-0.2, -0.15) is 0 Å². The number of carbonyl (C=O) groups excluding carboxylic acids is 1. The topological polar surface area (TPSA) is 78.7 Å². The van der Waals surface area contributed by atoms with Gasteiger partial charge in [-0.1, -0.05) is 15.9 Å². The first-order chi connectivity index (χ1) is 8.06. The van der Waals surface area contributed by atoms with Gasteiger partial charge >= 0.3 is 5.69 Å². The number of carbonyl (C=O) groups is 1. The number of rotatable bonds is 5. The smallest absolute Gasteiger partial charge is 0.325 e. The molecule has 17 heavy (non-hydrogen) atoms. The Balaban J connectivity index is 3.58. The Morgan fingerprint density at radius 3 is 2.29 bits per heavy atom. The van der Waals surface area contributed by atoms with Gasteiger partial charge < -0.3 is 9.47 Å². The van der Waals surface area contributed by atoms with Gasteiger partial charge in [-0.25, -0.2) is 0 Å². The maximum atomic E-state index is 11.7. The van der Waals surface area contributed by atoms with E-state index in [1.807, 2.05) is 0 Å². The van der Waals surface area contributed by atoms with Crippen LogP contribution in [-0.4, -0.2) is 30.3 Å². The van der Waals surface area contributed by atoms with Crippen molar-refractivity contribution in [2.75, 3.05) is 19.5 Å². The van der Waals surface area contributed by atoms with Crippen LogP contribution in [0.25, 0.3) is 0 Å². The molecule has 1 aromatic carbocycles. The van der Waals surface area contributed by atoms with E-state index in [1.54, 1.807) is 0 Å². The minimum absolute atomic E-state index is 0.0279. The van der Waals surface area contributed by atoms with Gasteiger partial charge in [0.15, 0.2) is 11.5 Å². The van der Waals surface area contributed by atoms with Crippen LogP contribution in [0, 0.1) is 10.1 Å². The Labute approximate surface area is 106 Å². The van der Waals surface area contributed by atoms with Crippen LogP contribution in [-0.2, 0) is 0 Å². The Morgan fingerprint density at radius 2 is 1.88 bits per heavy atom. The average molecular weight is 304 g/mol. The largest absolute Gasteiger partial charge is 0.496 e. The summed E-state index contributed by atoms with van der Waals surface area (Å²) in [4.78, 5) is 22.0. The molecule has 0 bridgehead atoms. The van der Waals surface area contributed by atoms with Crippen molar-refractivity contribution in [2.45, 2.75) is 0 Å². The molecule has 0 atom stereocenters. The van der Waals surface area contributed by atoms with Crippen molar-refractivity contribution in [1.82, 2.24) is 0 Å². The zero-order valence-corrected chi connectivity index (χ0v) is 10.8. The summed E-state index contributed by atoms with van der Waals surface area (Å²) in [6.07, 6.45) is 0. The Morgan fingerprint density at radius 1 is 1.35 bits per heavy atom. The maximum absolute atomic E-state index is 11.7. The van der Waals surface area contributed by atoms with E-state index in [9.17, 15) is 14.9 Å². The quantitative estimate of drug-likeness (QED) is 0.360. The molecule has 0 aromatic heterocycles. The molecule has 92 valence electrons. The van der Waals surface area contributed by atoms with Crippen LogP contribution in [0.15, 0.2) is 12.1 Å². The molecule has 0 radical (unpaired) electrons. The predicted molar refractivity (Wildman–Crippen MR) is 64.3 cm³/mol. The average Bonchev–Trinajstić information content (AvgIpc) is 2.35. The van der Waals surface area contributed by atoms with Gasteiger partial charge in [0.1, 0.15) is 11.3 Å². The molecule has 1 aromatic rings. The number of hydrogen-bond acceptors (Lipinski definition) is 5. The number of ketones is 1. The predicted octanol–water partition coefficient (Wildman–Crippen LogP) is 2.19. The first-order valence-electron chi connectivity index (χ1n) is 4.55. The number of benzene rings is 1. The van der Waals surface area contributed by atoms with E-state index in [0.29, 0.717) is 0 Å². The summed E-state index contributed by atoms with van der Waals surface area (Å²) in [5.41, 5.74) is -0.468. The van der Waals surface area contributed by atoms with E-state index >= 15 is 0 Å². The third-order valence-electron chi connectivity index (χ3n) is 2.13. The molecule has 0 N–H and O–H groups in total. The third kappa shape index (κ3) is 2.55. The second-order valence-corrected chi connectivity index (χ2v) is 3.57. The highest BCUT2D eigenvalue weighted by molar-refractivity contribution is 9.09. The number of methoxy groups -OCH3 is 2. The summed E-state index contributed by atoms with van der Waals surface area (Å²) in [7, 11) is 2.65. The molecule has 1 rings (SSSR count). The summed E-state index contributed by atoms with van der Waals surface area (Å²) in [5.74, 6) is -0.255. The highest BCUT2D eigenvalue weighted by Gasteiger charge is 2.29. The molecule has 0 amide bonds. The Hall–Kier alpha value is -1.63. The van der Waals surface area contributed by atoms with Gasteiger partial charge in [0.25, 0.3) is 0 Å². The van der Waals surface area contributed by atoms with Crippen LogP contribution in [0.1, 0.15) is 10.4 Å². The van der Waals surface area contributed by atoms with Crippen LogP contribution in [0.4, 0.5) is 5.69 Å². The summed E-state index contributed by atoms with van der Waals surface area (Å²) >= 11 is 2.98. The normalized spacial score (nSPS) is 9.82. The number of hydrogen-bond donors (Lipinski definition) is 0. The number of nitrogens with zero attached hydrogens (tertiary/aromatic N) is 1. The first-order valence-corrected chi connectivity index (χ1v) is 5.67. The van der Waals surface area contributed by atoms with E-state index in [2.05, 4.69) is 15.9 Å². The highest BCUT2D eigenvalue weighted by atomic mass is 79.9. The summed E-state index contributed by atoms with van der Waals surface area (Å²) < 4.78 is 9.83. The Kier molecular flexibility index (Phi) is 4.45. The minimum Gasteiger partial charge on any atom is -0.496 e. The van der Waals surface area contributed by atoms with Crippen molar-refractivity contribution in [3.05, 3.63) is 27.8 Å². The monoisotopic (exact) mass is 303 g/mol. The lowest BCUT2D eigenvalue weighted by Crippen LogP contribution is -2.08. The van der Waals surface area contributed by atoms with Crippen molar-refractivity contribution >= 4 is 27.4 Å². The van der Waals surface area contributed by atoms with Crippen LogP contribution >= 0.6 is 15.9 Å². The molecule has 0 aliphatic heterocycles. The number of alkyl halides is 1. The van der Waals surface area contributed by atoms with Gasteiger partial charge in [-0.15, -0.1) is 0 Å². The second kappa shape index (κ2) is 5.62. The van der Waals surface area contributed by atoms with Gasteiger partial charge in [0, 0.05) is 0 Å². The van der Waals surface area contributed by atoms with E-state index in [-0.39, 0.29) is 28.1 Å². The van der Waals surface area contributed by atoms with Crippen molar-refractivity contribution < 1.29 is 19.2 Å². The fourth-order valence-corrected chi connectivity index (χ4v) is 1.69. The number of ether oxygens (including phenoxy) is 2. The van der Waals surface area contributed by atoms with Gasteiger partial charge in [0.05, 0.1) is 24.5 Å². The summed E-state index contributed by atoms with van der Waals surface area (Å²) in [6, 6.07) is 2.85. The third-order valence-corrected chi connectivity index (χ3v) is 2.63. The Bertz CT molecular complexity index is 460. The summed E-state index contributed by atoms with van der Waals surface area (Å²) in [6.45, 7) is 0. The molecule has 0 aliphatic carbocycles. The van der Waals surface area contributed by atoms with Crippen LogP contribution < -0.4 is 9.47 Å². The van der Waals surface area contributed by atoms with Crippen LogP contribution in [0.5, 0.6) is 11.5 Å². The molecule has 0 spiro atoms. The van der Waals surface area contributed by atoms with E-state index in [1.165, 1.54) is 26.4 Å².